The largest absolute Gasteiger partial charge is 0.497 e. The van der Waals surface area contributed by atoms with E-state index in [1.165, 1.54) is 6.08 Å². The summed E-state index contributed by atoms with van der Waals surface area (Å²) in [7, 11) is 1.60. The molecular weight excluding hydrogens is 402 g/mol. The fraction of sp³-hybridized carbons (Fsp3) is 0.455. The minimum absolute atomic E-state index is 0.0952. The van der Waals surface area contributed by atoms with Crippen LogP contribution in [0.15, 0.2) is 48.2 Å². The SMILES string of the molecule is C=CCOC(=O)C1=C(C)NC2NC(SCCC)NC(=O)C2C1c1ccc(OC)cc1. The average molecular weight is 432 g/mol. The highest BCUT2D eigenvalue weighted by atomic mass is 32.2. The van der Waals surface area contributed by atoms with E-state index in [9.17, 15) is 9.59 Å². The fourth-order valence-corrected chi connectivity index (χ4v) is 4.80. The lowest BCUT2D eigenvalue weighted by Gasteiger charge is -2.45. The first-order valence-corrected chi connectivity index (χ1v) is 11.1. The maximum atomic E-state index is 13.2. The van der Waals surface area contributed by atoms with Crippen LogP contribution >= 0.6 is 11.8 Å². The molecule has 2 aliphatic rings. The molecule has 162 valence electrons. The summed E-state index contributed by atoms with van der Waals surface area (Å²) in [4.78, 5) is 26.1. The third kappa shape index (κ3) is 4.65. The van der Waals surface area contributed by atoms with Gasteiger partial charge in [-0.25, -0.2) is 4.79 Å². The van der Waals surface area contributed by atoms with Gasteiger partial charge in [0, 0.05) is 11.6 Å². The topological polar surface area (TPSA) is 88.7 Å². The Bertz CT molecular complexity index is 824. The van der Waals surface area contributed by atoms with Crippen molar-refractivity contribution in [1.29, 1.82) is 0 Å². The summed E-state index contributed by atoms with van der Waals surface area (Å²) >= 11 is 1.66. The van der Waals surface area contributed by atoms with Gasteiger partial charge in [0.2, 0.25) is 5.91 Å². The van der Waals surface area contributed by atoms with Gasteiger partial charge in [-0.2, -0.15) is 0 Å². The monoisotopic (exact) mass is 431 g/mol. The molecule has 0 saturated carbocycles. The molecule has 1 amide bonds. The highest BCUT2D eigenvalue weighted by Crippen LogP contribution is 2.41. The van der Waals surface area contributed by atoms with Crippen LogP contribution in [0, 0.1) is 5.92 Å². The van der Waals surface area contributed by atoms with Gasteiger partial charge in [-0.3, -0.25) is 10.1 Å². The predicted octanol–water partition coefficient (Wildman–Crippen LogP) is 2.47. The summed E-state index contributed by atoms with van der Waals surface area (Å²) in [5, 5.41) is 9.84. The first-order valence-electron chi connectivity index (χ1n) is 10.1. The molecule has 3 rings (SSSR count). The van der Waals surface area contributed by atoms with Crippen molar-refractivity contribution in [2.45, 2.75) is 37.8 Å². The van der Waals surface area contributed by atoms with E-state index >= 15 is 0 Å². The molecule has 3 N–H and O–H groups in total. The summed E-state index contributed by atoms with van der Waals surface area (Å²) in [5.41, 5.74) is 1.84. The predicted molar refractivity (Wildman–Crippen MR) is 118 cm³/mol. The standard InChI is InChI=1S/C22H29N3O4S/c1-5-11-29-21(27)16-13(3)23-19-18(20(26)25-22(24-19)30-12-6-2)17(16)14-7-9-15(28-4)10-8-14/h5,7-10,17-19,22-24H,1,6,11-12H2,2-4H3,(H,25,26). The quantitative estimate of drug-likeness (QED) is 0.430. The van der Waals surface area contributed by atoms with Gasteiger partial charge in [0.25, 0.3) is 0 Å². The van der Waals surface area contributed by atoms with Crippen LogP contribution in [0.1, 0.15) is 31.7 Å². The molecule has 1 saturated heterocycles. The fourth-order valence-electron chi connectivity index (χ4n) is 3.89. The molecule has 0 radical (unpaired) electrons. The number of hydrogen-bond donors (Lipinski definition) is 3. The Labute approximate surface area is 181 Å². The molecule has 30 heavy (non-hydrogen) atoms. The second kappa shape index (κ2) is 10.0. The molecule has 1 aromatic carbocycles. The van der Waals surface area contributed by atoms with E-state index < -0.39 is 17.8 Å². The maximum Gasteiger partial charge on any atom is 0.336 e. The van der Waals surface area contributed by atoms with Crippen molar-refractivity contribution >= 4 is 23.6 Å². The third-order valence-electron chi connectivity index (χ3n) is 5.23. The van der Waals surface area contributed by atoms with Crippen LogP contribution in [0.25, 0.3) is 0 Å². The lowest BCUT2D eigenvalue weighted by Crippen LogP contribution is -2.67. The number of nitrogens with one attached hydrogen (secondary N) is 3. The van der Waals surface area contributed by atoms with E-state index in [-0.39, 0.29) is 24.2 Å². The molecule has 0 spiro atoms. The number of thioether (sulfide) groups is 1. The number of amides is 1. The number of fused-ring (bicyclic) bond motifs is 1. The zero-order valence-electron chi connectivity index (χ0n) is 17.6. The van der Waals surface area contributed by atoms with Gasteiger partial charge >= 0.3 is 5.97 Å². The number of carbonyl (C=O) groups is 2. The summed E-state index contributed by atoms with van der Waals surface area (Å²) in [6.07, 6.45) is 2.25. The van der Waals surface area contributed by atoms with Crippen LogP contribution in [0.2, 0.25) is 0 Å². The molecule has 4 unspecified atom stereocenters. The Balaban J connectivity index is 1.99. The van der Waals surface area contributed by atoms with E-state index in [4.69, 9.17) is 9.47 Å². The normalized spacial score (nSPS) is 25.6. The molecule has 4 atom stereocenters. The molecule has 1 aromatic rings. The summed E-state index contributed by atoms with van der Waals surface area (Å²) in [6.45, 7) is 7.67. The lowest BCUT2D eigenvalue weighted by atomic mass is 9.74. The van der Waals surface area contributed by atoms with Crippen LogP contribution in [-0.2, 0) is 14.3 Å². The molecule has 0 bridgehead atoms. The van der Waals surface area contributed by atoms with Crippen molar-refractivity contribution in [2.24, 2.45) is 5.92 Å². The Morgan fingerprint density at radius 2 is 2.00 bits per heavy atom. The van der Waals surface area contributed by atoms with E-state index in [0.717, 1.165) is 17.7 Å². The van der Waals surface area contributed by atoms with Gasteiger partial charge in [-0.15, -0.1) is 11.8 Å². The van der Waals surface area contributed by atoms with Crippen molar-refractivity contribution in [1.82, 2.24) is 16.0 Å². The lowest BCUT2D eigenvalue weighted by molar-refractivity contribution is -0.139. The van der Waals surface area contributed by atoms with E-state index in [1.807, 2.05) is 31.2 Å². The number of carbonyl (C=O) groups excluding carboxylic acids is 2. The zero-order valence-corrected chi connectivity index (χ0v) is 18.4. The Morgan fingerprint density at radius 3 is 2.63 bits per heavy atom. The Kier molecular flexibility index (Phi) is 7.44. The molecule has 1 fully saturated rings. The molecule has 0 aliphatic carbocycles. The van der Waals surface area contributed by atoms with Gasteiger partial charge in [-0.1, -0.05) is 31.7 Å². The minimum Gasteiger partial charge on any atom is -0.497 e. The summed E-state index contributed by atoms with van der Waals surface area (Å²) in [5.74, 6) is 0.140. The number of esters is 1. The molecule has 0 aromatic heterocycles. The van der Waals surface area contributed by atoms with Crippen LogP contribution in [0.3, 0.4) is 0 Å². The smallest absolute Gasteiger partial charge is 0.336 e. The average Bonchev–Trinajstić information content (AvgIpc) is 2.75. The highest BCUT2D eigenvalue weighted by Gasteiger charge is 2.48. The Hall–Kier alpha value is -2.45. The van der Waals surface area contributed by atoms with Gasteiger partial charge in [0.1, 0.15) is 17.9 Å². The Morgan fingerprint density at radius 1 is 1.27 bits per heavy atom. The van der Waals surface area contributed by atoms with Crippen molar-refractivity contribution in [2.75, 3.05) is 19.5 Å². The number of hydrogen-bond acceptors (Lipinski definition) is 7. The van der Waals surface area contributed by atoms with Crippen LogP contribution in [0.4, 0.5) is 0 Å². The number of methoxy groups -OCH3 is 1. The number of rotatable bonds is 8. The first-order chi connectivity index (χ1) is 14.5. The van der Waals surface area contributed by atoms with Gasteiger partial charge < -0.3 is 20.1 Å². The van der Waals surface area contributed by atoms with Gasteiger partial charge in [0.05, 0.1) is 24.8 Å². The minimum atomic E-state index is -0.508. The molecule has 8 heteroatoms. The molecule has 2 heterocycles. The number of ether oxygens (including phenoxy) is 2. The van der Waals surface area contributed by atoms with Gasteiger partial charge in [-0.05, 0) is 36.8 Å². The number of allylic oxidation sites excluding steroid dienone is 1. The summed E-state index contributed by atoms with van der Waals surface area (Å²) in [6, 6.07) is 7.46. The maximum absolute atomic E-state index is 13.2. The molecule has 7 nitrogen and oxygen atoms in total. The van der Waals surface area contributed by atoms with Crippen molar-refractivity contribution in [3.63, 3.8) is 0 Å². The second-order valence-electron chi connectivity index (χ2n) is 7.25. The van der Waals surface area contributed by atoms with Gasteiger partial charge in [0.15, 0.2) is 0 Å². The van der Waals surface area contributed by atoms with Crippen molar-refractivity contribution in [3.8, 4) is 5.75 Å². The third-order valence-corrected chi connectivity index (χ3v) is 6.46. The summed E-state index contributed by atoms with van der Waals surface area (Å²) < 4.78 is 10.6. The van der Waals surface area contributed by atoms with E-state index in [1.54, 1.807) is 18.9 Å². The zero-order chi connectivity index (χ0) is 21.7. The number of benzene rings is 1. The molecular formula is C22H29N3O4S. The second-order valence-corrected chi connectivity index (χ2v) is 8.46. The van der Waals surface area contributed by atoms with Crippen LogP contribution in [0.5, 0.6) is 5.75 Å². The van der Waals surface area contributed by atoms with Crippen LogP contribution in [-0.4, -0.2) is 43.0 Å². The van der Waals surface area contributed by atoms with E-state index in [0.29, 0.717) is 17.0 Å². The molecule has 2 aliphatic heterocycles. The van der Waals surface area contributed by atoms with Crippen LogP contribution < -0.4 is 20.7 Å². The van der Waals surface area contributed by atoms with Crippen molar-refractivity contribution < 1.29 is 19.1 Å². The van der Waals surface area contributed by atoms with Crippen molar-refractivity contribution in [3.05, 3.63) is 53.8 Å². The first kappa shape index (κ1) is 22.2. The van der Waals surface area contributed by atoms with E-state index in [2.05, 4.69) is 29.5 Å². The highest BCUT2D eigenvalue weighted by molar-refractivity contribution is 7.99.